The van der Waals surface area contributed by atoms with Gasteiger partial charge in [-0.1, -0.05) is 6.07 Å². The highest BCUT2D eigenvalue weighted by atomic mass is 16.7. The van der Waals surface area contributed by atoms with E-state index in [-0.39, 0.29) is 62.0 Å². The minimum Gasteiger partial charge on any atom is -0.508 e. The van der Waals surface area contributed by atoms with E-state index in [1.165, 1.54) is 37.4 Å². The van der Waals surface area contributed by atoms with Crippen LogP contribution in [0.4, 0.5) is 0 Å². The van der Waals surface area contributed by atoms with E-state index >= 15 is 0 Å². The molecule has 12 N–H and O–H groups in total. The molecule has 0 spiro atoms. The fourth-order valence-electron chi connectivity index (χ4n) is 6.82. The van der Waals surface area contributed by atoms with Gasteiger partial charge in [0.15, 0.2) is 29.1 Å². The van der Waals surface area contributed by atoms with Crippen LogP contribution in [-0.2, 0) is 4.74 Å². The highest BCUT2D eigenvalue weighted by Crippen LogP contribution is 2.55. The number of aliphatic hydroxyl groups is 5. The third-order valence-electron chi connectivity index (χ3n) is 9.51. The summed E-state index contributed by atoms with van der Waals surface area (Å²) in [5, 5.41) is 128. The first-order valence-corrected chi connectivity index (χ1v) is 16.3. The lowest BCUT2D eigenvalue weighted by Gasteiger charge is -2.39. The van der Waals surface area contributed by atoms with Gasteiger partial charge in [0.05, 0.1) is 25.2 Å². The molecule has 2 aliphatic rings. The first kappa shape index (κ1) is 36.4. The minimum absolute atomic E-state index is 0.0286. The second-order valence-corrected chi connectivity index (χ2v) is 12.8. The van der Waals surface area contributed by atoms with Crippen LogP contribution < -0.4 is 14.2 Å². The Morgan fingerprint density at radius 1 is 0.667 bits per heavy atom. The van der Waals surface area contributed by atoms with Crippen LogP contribution in [0.2, 0.25) is 0 Å². The van der Waals surface area contributed by atoms with Gasteiger partial charge in [0.2, 0.25) is 12.0 Å². The number of ether oxygens (including phenoxy) is 4. The highest BCUT2D eigenvalue weighted by Gasteiger charge is 2.48. The molecular formula is C37H35O17+. The van der Waals surface area contributed by atoms with Crippen LogP contribution in [0.3, 0.4) is 0 Å². The van der Waals surface area contributed by atoms with Gasteiger partial charge in [0.25, 0.3) is 0 Å². The number of rotatable bonds is 7. The second-order valence-electron chi connectivity index (χ2n) is 12.8. The van der Waals surface area contributed by atoms with Crippen LogP contribution in [0, 0.1) is 0 Å². The SMILES string of the molecule is COc1cc(-c2[o+]c3c(C4c5c(O)cc(O)cc5OC(c5ccc(O)c(O)c5)C4O)c(O)cc(O)c3cc2O[C@@H]2O[C@H](CO)[C@@H](O)[C@H](O)[C@H]2O)ccc1O. The maximum Gasteiger partial charge on any atom is 0.402 e. The molecule has 17 heteroatoms. The lowest BCUT2D eigenvalue weighted by molar-refractivity contribution is -0.277. The first-order valence-electron chi connectivity index (χ1n) is 16.3. The number of phenolic OH excluding ortho intramolecular Hbond substituents is 7. The van der Waals surface area contributed by atoms with Crippen LogP contribution in [0.25, 0.3) is 22.3 Å². The Morgan fingerprint density at radius 3 is 2.09 bits per heavy atom. The molecule has 3 unspecified atom stereocenters. The summed E-state index contributed by atoms with van der Waals surface area (Å²) in [6.07, 6.45) is -11.6. The lowest BCUT2D eigenvalue weighted by atomic mass is 9.78. The molecule has 1 fully saturated rings. The molecule has 1 saturated heterocycles. The van der Waals surface area contributed by atoms with Crippen molar-refractivity contribution in [1.82, 2.24) is 0 Å². The number of benzene rings is 4. The molecule has 284 valence electrons. The quantitative estimate of drug-likeness (QED) is 0.0838. The summed E-state index contributed by atoms with van der Waals surface area (Å²) >= 11 is 0. The monoisotopic (exact) mass is 751 g/mol. The van der Waals surface area contributed by atoms with Gasteiger partial charge < -0.3 is 80.2 Å². The average molecular weight is 752 g/mol. The number of methoxy groups -OCH3 is 1. The number of hydrogen-bond acceptors (Lipinski definition) is 16. The molecule has 3 heterocycles. The summed E-state index contributed by atoms with van der Waals surface area (Å²) in [5.74, 6) is -5.61. The number of fused-ring (bicyclic) bond motifs is 2. The number of phenols is 7. The predicted octanol–water partition coefficient (Wildman–Crippen LogP) is 2.13. The summed E-state index contributed by atoms with van der Waals surface area (Å²) in [5.41, 5.74) is -0.361. The molecule has 17 nitrogen and oxygen atoms in total. The minimum atomic E-state index is -1.87. The second kappa shape index (κ2) is 13.8. The zero-order valence-corrected chi connectivity index (χ0v) is 28.0. The van der Waals surface area contributed by atoms with Crippen molar-refractivity contribution in [3.05, 3.63) is 77.4 Å². The Hall–Kier alpha value is -5.95. The summed E-state index contributed by atoms with van der Waals surface area (Å²) in [7, 11) is 1.29. The van der Waals surface area contributed by atoms with Crippen LogP contribution >= 0.6 is 0 Å². The molecule has 0 saturated carbocycles. The topological polar surface area (TPSA) is 291 Å². The third-order valence-corrected chi connectivity index (χ3v) is 9.51. The lowest BCUT2D eigenvalue weighted by Crippen LogP contribution is -2.60. The molecule has 54 heavy (non-hydrogen) atoms. The maximum atomic E-state index is 12.0. The fourth-order valence-corrected chi connectivity index (χ4v) is 6.82. The molecule has 7 rings (SSSR count). The van der Waals surface area contributed by atoms with Gasteiger partial charge in [0.1, 0.15) is 70.2 Å². The zero-order valence-electron chi connectivity index (χ0n) is 28.0. The summed E-state index contributed by atoms with van der Waals surface area (Å²) in [6.45, 7) is -0.761. The van der Waals surface area contributed by atoms with Crippen molar-refractivity contribution in [2.45, 2.75) is 48.8 Å². The molecule has 8 atom stereocenters. The molecule has 4 aromatic carbocycles. The van der Waals surface area contributed by atoms with Crippen molar-refractivity contribution >= 4 is 11.0 Å². The van der Waals surface area contributed by atoms with E-state index in [0.29, 0.717) is 0 Å². The van der Waals surface area contributed by atoms with Gasteiger partial charge in [-0.3, -0.25) is 0 Å². The van der Waals surface area contributed by atoms with E-state index in [4.69, 9.17) is 23.4 Å². The largest absolute Gasteiger partial charge is 0.508 e. The Morgan fingerprint density at radius 2 is 1.39 bits per heavy atom. The fraction of sp³-hybridized carbons (Fsp3) is 0.270. The Kier molecular flexibility index (Phi) is 9.30. The van der Waals surface area contributed by atoms with Gasteiger partial charge >= 0.3 is 11.3 Å². The van der Waals surface area contributed by atoms with Crippen LogP contribution in [0.1, 0.15) is 28.7 Å². The highest BCUT2D eigenvalue weighted by molar-refractivity contribution is 5.92. The third kappa shape index (κ3) is 6.07. The summed E-state index contributed by atoms with van der Waals surface area (Å²) < 4.78 is 29.2. The standard InChI is InChI=1S/C37H34O17/c1-50-23-7-14(3-5-18(23)41)34-25(52-37-33(49)32(48)30(46)26(12-38)53-37)10-16-19(42)11-22(45)28(36(16)54-34)29-27-21(44)8-15(39)9-24(27)51-35(31(29)47)13-2-4-17(40)20(43)6-13/h2-11,26,29-33,35,37-38,46-49H,12H2,1H3,(H6-,39,40,41,42,43,44,45)/p+1/t26-,29?,30-,31?,32+,33-,35?,37-/m1/s1. The van der Waals surface area contributed by atoms with Gasteiger partial charge in [-0.15, -0.1) is 0 Å². The van der Waals surface area contributed by atoms with E-state index in [9.17, 15) is 61.3 Å². The van der Waals surface area contributed by atoms with Gasteiger partial charge in [-0.05, 0) is 29.8 Å². The predicted molar refractivity (Wildman–Crippen MR) is 183 cm³/mol. The zero-order chi connectivity index (χ0) is 38.7. The Balaban J connectivity index is 1.48. The van der Waals surface area contributed by atoms with E-state index in [1.54, 1.807) is 0 Å². The summed E-state index contributed by atoms with van der Waals surface area (Å²) in [4.78, 5) is 0. The van der Waals surface area contributed by atoms with E-state index in [0.717, 1.165) is 30.3 Å². The van der Waals surface area contributed by atoms with Gasteiger partial charge in [0, 0.05) is 35.9 Å². The number of aliphatic hydroxyl groups excluding tert-OH is 5. The molecule has 5 aromatic rings. The molecular weight excluding hydrogens is 716 g/mol. The maximum absolute atomic E-state index is 12.0. The number of hydrogen-bond donors (Lipinski definition) is 12. The van der Waals surface area contributed by atoms with E-state index in [2.05, 4.69) is 0 Å². The van der Waals surface area contributed by atoms with Crippen molar-refractivity contribution in [3.63, 3.8) is 0 Å². The van der Waals surface area contributed by atoms with Crippen molar-refractivity contribution in [2.24, 2.45) is 0 Å². The molecule has 1 aromatic heterocycles. The Labute approximate surface area is 304 Å². The van der Waals surface area contributed by atoms with Gasteiger partial charge in [-0.25, -0.2) is 4.42 Å². The van der Waals surface area contributed by atoms with E-state index in [1.807, 2.05) is 0 Å². The first-order chi connectivity index (χ1) is 25.7. The van der Waals surface area contributed by atoms with Crippen molar-refractivity contribution in [3.8, 4) is 68.8 Å². The van der Waals surface area contributed by atoms with Crippen molar-refractivity contribution < 1.29 is 84.6 Å². The van der Waals surface area contributed by atoms with Crippen LogP contribution in [0.15, 0.2) is 65.1 Å². The van der Waals surface area contributed by atoms with Crippen molar-refractivity contribution in [2.75, 3.05) is 13.7 Å². The normalized spacial score (nSPS) is 25.1. The molecule has 0 amide bonds. The number of aromatic hydroxyl groups is 7. The van der Waals surface area contributed by atoms with Gasteiger partial charge in [-0.2, -0.15) is 0 Å². The van der Waals surface area contributed by atoms with Crippen LogP contribution in [-0.4, -0.2) is 112 Å². The molecule has 0 bridgehead atoms. The molecule has 0 radical (unpaired) electrons. The average Bonchev–Trinajstić information content (AvgIpc) is 3.13. The van der Waals surface area contributed by atoms with E-state index < -0.39 is 89.9 Å². The van der Waals surface area contributed by atoms with Crippen LogP contribution in [0.5, 0.6) is 57.5 Å². The summed E-state index contributed by atoms with van der Waals surface area (Å²) in [6, 6.07) is 11.9. The smallest absolute Gasteiger partial charge is 0.402 e. The van der Waals surface area contributed by atoms with Crippen molar-refractivity contribution in [1.29, 1.82) is 0 Å². The molecule has 0 aliphatic carbocycles. The molecule has 2 aliphatic heterocycles. The Bertz CT molecular complexity index is 2240.